The molecular formula is C21H21N5O3. The first kappa shape index (κ1) is 18.7. The number of benzene rings is 1. The summed E-state index contributed by atoms with van der Waals surface area (Å²) in [7, 11) is 0. The lowest BCUT2D eigenvalue weighted by molar-refractivity contribution is 0.103. The molecule has 3 N–H and O–H groups in total. The maximum atomic E-state index is 13.1. The Kier molecular flexibility index (Phi) is 4.99. The second-order valence-corrected chi connectivity index (χ2v) is 6.93. The number of nitrogens with zero attached hydrogens (tertiary/aromatic N) is 4. The fourth-order valence-corrected chi connectivity index (χ4v) is 3.61. The van der Waals surface area contributed by atoms with E-state index in [9.17, 15) is 14.7 Å². The van der Waals surface area contributed by atoms with E-state index in [4.69, 9.17) is 5.73 Å². The Morgan fingerprint density at radius 1 is 1.03 bits per heavy atom. The lowest BCUT2D eigenvalue weighted by Crippen LogP contribution is -2.34. The van der Waals surface area contributed by atoms with E-state index < -0.39 is 6.09 Å². The number of hydrogen-bond acceptors (Lipinski definition) is 6. The predicted molar refractivity (Wildman–Crippen MR) is 110 cm³/mol. The molecule has 0 aliphatic carbocycles. The Bertz CT molecular complexity index is 1080. The van der Waals surface area contributed by atoms with E-state index in [1.807, 2.05) is 24.3 Å². The molecule has 1 fully saturated rings. The zero-order chi connectivity index (χ0) is 20.4. The van der Waals surface area contributed by atoms with Gasteiger partial charge in [-0.3, -0.25) is 4.79 Å². The van der Waals surface area contributed by atoms with E-state index >= 15 is 0 Å². The number of hydrogen-bond donors (Lipinski definition) is 2. The Balaban J connectivity index is 1.76. The predicted octanol–water partition coefficient (Wildman–Crippen LogP) is 2.63. The molecule has 1 aliphatic rings. The second-order valence-electron chi connectivity index (χ2n) is 6.93. The average Bonchev–Trinajstić information content (AvgIpc) is 2.99. The summed E-state index contributed by atoms with van der Waals surface area (Å²) in [5, 5.41) is 11.1. The number of pyridine rings is 2. The minimum Gasteiger partial charge on any atom is -0.465 e. The zero-order valence-corrected chi connectivity index (χ0v) is 15.8. The van der Waals surface area contributed by atoms with Gasteiger partial charge in [-0.25, -0.2) is 14.8 Å². The highest BCUT2D eigenvalue weighted by molar-refractivity contribution is 6.12. The molecule has 8 heteroatoms. The molecule has 0 unspecified atom stereocenters. The monoisotopic (exact) mass is 391 g/mol. The van der Waals surface area contributed by atoms with Crippen LogP contribution in [0.4, 0.5) is 16.4 Å². The highest BCUT2D eigenvalue weighted by Gasteiger charge is 2.23. The van der Waals surface area contributed by atoms with Crippen LogP contribution in [0.2, 0.25) is 0 Å². The van der Waals surface area contributed by atoms with Crippen molar-refractivity contribution in [1.29, 1.82) is 0 Å². The zero-order valence-electron chi connectivity index (χ0n) is 15.8. The first-order valence-electron chi connectivity index (χ1n) is 9.42. The van der Waals surface area contributed by atoms with Gasteiger partial charge in [0.15, 0.2) is 0 Å². The van der Waals surface area contributed by atoms with Gasteiger partial charge in [0, 0.05) is 37.8 Å². The molecule has 0 bridgehead atoms. The number of amides is 1. The summed E-state index contributed by atoms with van der Waals surface area (Å²) in [6.07, 6.45) is 1.31. The molecule has 8 nitrogen and oxygen atoms in total. The topological polar surface area (TPSA) is 113 Å². The van der Waals surface area contributed by atoms with Crippen molar-refractivity contribution >= 4 is 34.3 Å². The smallest absolute Gasteiger partial charge is 0.407 e. The molecule has 4 rings (SSSR count). The van der Waals surface area contributed by atoms with Gasteiger partial charge in [-0.1, -0.05) is 24.3 Å². The van der Waals surface area contributed by atoms with Crippen LogP contribution in [0.5, 0.6) is 0 Å². The van der Waals surface area contributed by atoms with Crippen molar-refractivity contribution in [2.24, 2.45) is 0 Å². The van der Waals surface area contributed by atoms with Crippen LogP contribution in [-0.4, -0.2) is 58.0 Å². The van der Waals surface area contributed by atoms with E-state index in [1.54, 1.807) is 18.2 Å². The van der Waals surface area contributed by atoms with E-state index in [2.05, 4.69) is 14.9 Å². The molecule has 0 atom stereocenters. The minimum atomic E-state index is -0.916. The Hall–Kier alpha value is -3.68. The van der Waals surface area contributed by atoms with Crippen molar-refractivity contribution < 1.29 is 14.7 Å². The number of carbonyl (C=O) groups excluding carboxylic acids is 1. The van der Waals surface area contributed by atoms with Crippen LogP contribution in [0.25, 0.3) is 10.8 Å². The lowest BCUT2D eigenvalue weighted by Gasteiger charge is -2.24. The summed E-state index contributed by atoms with van der Waals surface area (Å²) < 4.78 is 0. The number of carbonyl (C=O) groups is 2. The van der Waals surface area contributed by atoms with Crippen molar-refractivity contribution in [1.82, 2.24) is 14.9 Å². The van der Waals surface area contributed by atoms with Crippen molar-refractivity contribution in [3.63, 3.8) is 0 Å². The Labute approximate surface area is 167 Å². The van der Waals surface area contributed by atoms with Crippen LogP contribution < -0.4 is 10.6 Å². The maximum absolute atomic E-state index is 13.1. The van der Waals surface area contributed by atoms with Crippen molar-refractivity contribution in [3.05, 3.63) is 59.9 Å². The lowest BCUT2D eigenvalue weighted by atomic mass is 10.0. The average molecular weight is 391 g/mol. The normalized spacial score (nSPS) is 14.6. The van der Waals surface area contributed by atoms with E-state index in [-0.39, 0.29) is 17.3 Å². The maximum Gasteiger partial charge on any atom is 0.407 e. The third kappa shape index (κ3) is 3.69. The summed E-state index contributed by atoms with van der Waals surface area (Å²) >= 11 is 0. The molecule has 1 aliphatic heterocycles. The number of nitrogens with two attached hydrogens (primary N) is 1. The number of rotatable bonds is 3. The van der Waals surface area contributed by atoms with Gasteiger partial charge in [0.25, 0.3) is 0 Å². The number of carboxylic acid groups (broad SMARTS) is 1. The van der Waals surface area contributed by atoms with Crippen LogP contribution in [0, 0.1) is 0 Å². The highest BCUT2D eigenvalue weighted by Crippen LogP contribution is 2.28. The number of ketones is 1. The summed E-state index contributed by atoms with van der Waals surface area (Å²) in [4.78, 5) is 36.5. The van der Waals surface area contributed by atoms with Crippen LogP contribution in [0.1, 0.15) is 22.5 Å². The SMILES string of the molecule is Nc1ncccc1C(=O)c1cc2ccccc2c(N2CCCN(C(=O)O)CC2)n1. The molecular weight excluding hydrogens is 370 g/mol. The summed E-state index contributed by atoms with van der Waals surface area (Å²) in [6.45, 7) is 2.04. The van der Waals surface area contributed by atoms with Crippen LogP contribution in [0.15, 0.2) is 48.7 Å². The fraction of sp³-hybridized carbons (Fsp3) is 0.238. The molecule has 0 spiro atoms. The molecule has 1 amide bonds. The molecule has 29 heavy (non-hydrogen) atoms. The molecule has 1 aromatic carbocycles. The highest BCUT2D eigenvalue weighted by atomic mass is 16.4. The third-order valence-corrected chi connectivity index (χ3v) is 5.10. The van der Waals surface area contributed by atoms with Gasteiger partial charge >= 0.3 is 6.09 Å². The van der Waals surface area contributed by atoms with Crippen LogP contribution in [-0.2, 0) is 0 Å². The second kappa shape index (κ2) is 7.75. The van der Waals surface area contributed by atoms with Gasteiger partial charge in [-0.15, -0.1) is 0 Å². The molecule has 148 valence electrons. The Morgan fingerprint density at radius 2 is 1.86 bits per heavy atom. The number of aromatic nitrogens is 2. The number of nitrogen functional groups attached to an aromatic ring is 1. The summed E-state index contributed by atoms with van der Waals surface area (Å²) in [6, 6.07) is 12.8. The first-order valence-corrected chi connectivity index (χ1v) is 9.42. The van der Waals surface area contributed by atoms with Crippen molar-refractivity contribution in [3.8, 4) is 0 Å². The van der Waals surface area contributed by atoms with E-state index in [0.717, 1.165) is 10.8 Å². The molecule has 2 aromatic heterocycles. The van der Waals surface area contributed by atoms with Crippen molar-refractivity contribution in [2.75, 3.05) is 36.8 Å². The van der Waals surface area contributed by atoms with Crippen LogP contribution in [0.3, 0.4) is 0 Å². The van der Waals surface area contributed by atoms with Crippen LogP contribution >= 0.6 is 0 Å². The number of anilines is 2. The van der Waals surface area contributed by atoms with Crippen molar-refractivity contribution in [2.45, 2.75) is 6.42 Å². The molecule has 1 saturated heterocycles. The van der Waals surface area contributed by atoms with Gasteiger partial charge in [0.1, 0.15) is 17.3 Å². The minimum absolute atomic E-state index is 0.167. The van der Waals surface area contributed by atoms with Gasteiger partial charge in [0.05, 0.1) is 5.56 Å². The van der Waals surface area contributed by atoms with E-state index in [1.165, 1.54) is 11.1 Å². The largest absolute Gasteiger partial charge is 0.465 e. The molecule has 0 saturated carbocycles. The summed E-state index contributed by atoms with van der Waals surface area (Å²) in [5.74, 6) is 0.562. The molecule has 3 aromatic rings. The fourth-order valence-electron chi connectivity index (χ4n) is 3.61. The van der Waals surface area contributed by atoms with Gasteiger partial charge in [-0.2, -0.15) is 0 Å². The van der Waals surface area contributed by atoms with Gasteiger partial charge in [-0.05, 0) is 30.0 Å². The standard InChI is InChI=1S/C21H21N5O3/c22-19-16(7-3-8-23-19)18(27)17-13-14-5-1-2-6-15(14)20(24-17)25-9-4-10-26(12-11-25)21(28)29/h1-3,5-8,13H,4,9-12H2,(H2,22,23)(H,28,29). The summed E-state index contributed by atoms with van der Waals surface area (Å²) in [5.41, 5.74) is 6.49. The first-order chi connectivity index (χ1) is 14.0. The third-order valence-electron chi connectivity index (χ3n) is 5.10. The molecule has 0 radical (unpaired) electrons. The molecule has 3 heterocycles. The van der Waals surface area contributed by atoms with Gasteiger partial charge < -0.3 is 20.6 Å². The van der Waals surface area contributed by atoms with E-state index in [0.29, 0.717) is 44.0 Å². The quantitative estimate of drug-likeness (QED) is 0.660. The van der Waals surface area contributed by atoms with Gasteiger partial charge in [0.2, 0.25) is 5.78 Å². The Morgan fingerprint density at radius 3 is 2.66 bits per heavy atom. The number of fused-ring (bicyclic) bond motifs is 1.